The summed E-state index contributed by atoms with van der Waals surface area (Å²) in [5.74, 6) is 1.59. The van der Waals surface area contributed by atoms with E-state index in [4.69, 9.17) is 16.3 Å². The molecule has 0 amide bonds. The Morgan fingerprint density at radius 2 is 2.20 bits per heavy atom. The topological polar surface area (TPSA) is 67.3 Å². The molecule has 1 saturated carbocycles. The van der Waals surface area contributed by atoms with Crippen LogP contribution >= 0.6 is 11.6 Å². The summed E-state index contributed by atoms with van der Waals surface area (Å²) in [6, 6.07) is 3.87. The zero-order chi connectivity index (χ0) is 17.8. The van der Waals surface area contributed by atoms with Crippen molar-refractivity contribution >= 4 is 11.6 Å². The van der Waals surface area contributed by atoms with Crippen LogP contribution in [0.5, 0.6) is 5.75 Å². The van der Waals surface area contributed by atoms with Gasteiger partial charge >= 0.3 is 0 Å². The van der Waals surface area contributed by atoms with Gasteiger partial charge in [0.05, 0.1) is 25.1 Å². The minimum atomic E-state index is -0.0575. The number of aliphatic hydroxyl groups is 1. The highest BCUT2D eigenvalue weighted by molar-refractivity contribution is 6.30. The molecule has 1 aliphatic carbocycles. The lowest BCUT2D eigenvalue weighted by Crippen LogP contribution is -2.20. The zero-order valence-corrected chi connectivity index (χ0v) is 15.4. The van der Waals surface area contributed by atoms with Crippen LogP contribution in [0.25, 0.3) is 0 Å². The van der Waals surface area contributed by atoms with E-state index in [0.29, 0.717) is 11.7 Å². The van der Waals surface area contributed by atoms with Crippen molar-refractivity contribution in [2.75, 3.05) is 6.61 Å². The van der Waals surface area contributed by atoms with Gasteiger partial charge in [-0.1, -0.05) is 11.6 Å². The Kier molecular flexibility index (Phi) is 5.89. The largest absolute Gasteiger partial charge is 0.491 e. The molecule has 0 aliphatic heterocycles. The molecule has 0 bridgehead atoms. The van der Waals surface area contributed by atoms with E-state index in [1.807, 2.05) is 6.92 Å². The van der Waals surface area contributed by atoms with Crippen molar-refractivity contribution in [1.29, 1.82) is 0 Å². The standard InChI is InChI=1S/C19H24ClN3O2/c1-12-7-17(23-9-18(12)25-11-14-3-4-14)13(2)22-8-16-15(10-24)5-6-21-19(16)20/h5-7,9,13-14,22,24H,3-4,8,10-11H2,1-2H3. The van der Waals surface area contributed by atoms with Gasteiger partial charge in [0, 0.05) is 24.3 Å². The van der Waals surface area contributed by atoms with Crippen LogP contribution in [0.2, 0.25) is 5.15 Å². The van der Waals surface area contributed by atoms with Crippen molar-refractivity contribution in [3.63, 3.8) is 0 Å². The summed E-state index contributed by atoms with van der Waals surface area (Å²) in [5, 5.41) is 13.3. The third kappa shape index (κ3) is 4.69. The number of aliphatic hydroxyl groups excluding tert-OH is 1. The van der Waals surface area contributed by atoms with Crippen LogP contribution in [-0.2, 0) is 13.2 Å². The molecule has 134 valence electrons. The van der Waals surface area contributed by atoms with E-state index < -0.39 is 0 Å². The van der Waals surface area contributed by atoms with Gasteiger partial charge in [-0.05, 0) is 55.9 Å². The van der Waals surface area contributed by atoms with Crippen LogP contribution in [0.1, 0.15) is 48.2 Å². The maximum atomic E-state index is 9.45. The Balaban J connectivity index is 1.63. The third-order valence-electron chi connectivity index (χ3n) is 4.55. The highest BCUT2D eigenvalue weighted by Gasteiger charge is 2.22. The smallest absolute Gasteiger partial charge is 0.140 e. The van der Waals surface area contributed by atoms with Crippen LogP contribution in [0.15, 0.2) is 24.5 Å². The summed E-state index contributed by atoms with van der Waals surface area (Å²) in [7, 11) is 0. The summed E-state index contributed by atoms with van der Waals surface area (Å²) < 4.78 is 5.83. The van der Waals surface area contributed by atoms with Gasteiger partial charge < -0.3 is 15.2 Å². The van der Waals surface area contributed by atoms with E-state index in [-0.39, 0.29) is 12.6 Å². The number of nitrogens with one attached hydrogen (secondary N) is 1. The quantitative estimate of drug-likeness (QED) is 0.703. The number of halogens is 1. The molecule has 0 aromatic carbocycles. The summed E-state index contributed by atoms with van der Waals surface area (Å²) in [6.45, 7) is 5.35. The lowest BCUT2D eigenvalue weighted by molar-refractivity contribution is 0.280. The van der Waals surface area contributed by atoms with Gasteiger partial charge in [-0.25, -0.2) is 4.98 Å². The molecular weight excluding hydrogens is 338 g/mol. The SMILES string of the molecule is Cc1cc(C(C)NCc2c(CO)ccnc2Cl)ncc1OCC1CC1. The molecule has 25 heavy (non-hydrogen) atoms. The van der Waals surface area contributed by atoms with Crippen LogP contribution < -0.4 is 10.1 Å². The summed E-state index contributed by atoms with van der Waals surface area (Å²) >= 11 is 6.15. The minimum Gasteiger partial charge on any atom is -0.491 e. The summed E-state index contributed by atoms with van der Waals surface area (Å²) in [4.78, 5) is 8.62. The van der Waals surface area contributed by atoms with Gasteiger partial charge in [-0.15, -0.1) is 0 Å². The fraction of sp³-hybridized carbons (Fsp3) is 0.474. The highest BCUT2D eigenvalue weighted by Crippen LogP contribution is 2.30. The fourth-order valence-corrected chi connectivity index (χ4v) is 2.89. The Morgan fingerprint density at radius 1 is 1.40 bits per heavy atom. The monoisotopic (exact) mass is 361 g/mol. The lowest BCUT2D eigenvalue weighted by Gasteiger charge is -2.17. The van der Waals surface area contributed by atoms with Gasteiger partial charge in [-0.2, -0.15) is 0 Å². The third-order valence-corrected chi connectivity index (χ3v) is 4.88. The average Bonchev–Trinajstić information content (AvgIpc) is 3.43. The first kappa shape index (κ1) is 18.1. The van der Waals surface area contributed by atoms with Gasteiger partial charge in [0.15, 0.2) is 0 Å². The molecule has 3 rings (SSSR count). The molecule has 0 spiro atoms. The first-order valence-electron chi connectivity index (χ1n) is 8.64. The van der Waals surface area contributed by atoms with Crippen molar-refractivity contribution in [2.45, 2.75) is 45.9 Å². The second-order valence-corrected chi connectivity index (χ2v) is 6.99. The Morgan fingerprint density at radius 3 is 2.88 bits per heavy atom. The molecular formula is C19H24ClN3O2. The zero-order valence-electron chi connectivity index (χ0n) is 14.6. The Labute approximate surface area is 153 Å². The van der Waals surface area contributed by atoms with Crippen molar-refractivity contribution in [3.05, 3.63) is 52.1 Å². The number of aryl methyl sites for hydroxylation is 1. The van der Waals surface area contributed by atoms with E-state index in [1.54, 1.807) is 18.5 Å². The molecule has 1 unspecified atom stereocenters. The second-order valence-electron chi connectivity index (χ2n) is 6.63. The van der Waals surface area contributed by atoms with Crippen LogP contribution in [0, 0.1) is 12.8 Å². The second kappa shape index (κ2) is 8.13. The molecule has 6 heteroatoms. The molecule has 1 atom stereocenters. The Bertz CT molecular complexity index is 735. The molecule has 2 aromatic rings. The first-order chi connectivity index (χ1) is 12.1. The maximum Gasteiger partial charge on any atom is 0.140 e. The number of aromatic nitrogens is 2. The molecule has 2 N–H and O–H groups in total. The molecule has 1 fully saturated rings. The highest BCUT2D eigenvalue weighted by atomic mass is 35.5. The minimum absolute atomic E-state index is 0.0407. The van der Waals surface area contributed by atoms with E-state index in [1.165, 1.54) is 12.8 Å². The van der Waals surface area contributed by atoms with E-state index in [9.17, 15) is 5.11 Å². The van der Waals surface area contributed by atoms with Crippen LogP contribution in [-0.4, -0.2) is 21.7 Å². The molecule has 0 saturated heterocycles. The van der Waals surface area contributed by atoms with Gasteiger partial charge in [0.25, 0.3) is 0 Å². The van der Waals surface area contributed by atoms with Gasteiger partial charge in [0.2, 0.25) is 0 Å². The van der Waals surface area contributed by atoms with E-state index in [2.05, 4.69) is 28.3 Å². The Hall–Kier alpha value is -1.69. The van der Waals surface area contributed by atoms with Crippen LogP contribution in [0.3, 0.4) is 0 Å². The van der Waals surface area contributed by atoms with Crippen LogP contribution in [0.4, 0.5) is 0 Å². The predicted molar refractivity (Wildman–Crippen MR) is 97.6 cm³/mol. The summed E-state index contributed by atoms with van der Waals surface area (Å²) in [5.41, 5.74) is 3.64. The average molecular weight is 362 g/mol. The number of nitrogens with zero attached hydrogens (tertiary/aromatic N) is 2. The molecule has 1 aliphatic rings. The number of hydrogen-bond donors (Lipinski definition) is 2. The molecule has 2 heterocycles. The maximum absolute atomic E-state index is 9.45. The van der Waals surface area contributed by atoms with E-state index >= 15 is 0 Å². The fourth-order valence-electron chi connectivity index (χ4n) is 2.64. The first-order valence-corrected chi connectivity index (χ1v) is 9.02. The molecule has 5 nitrogen and oxygen atoms in total. The molecule has 2 aromatic heterocycles. The van der Waals surface area contributed by atoms with Crippen molar-refractivity contribution in [3.8, 4) is 5.75 Å². The number of rotatable bonds is 8. The van der Waals surface area contributed by atoms with E-state index in [0.717, 1.165) is 40.7 Å². The van der Waals surface area contributed by atoms with Gasteiger partial charge in [-0.3, -0.25) is 4.98 Å². The van der Waals surface area contributed by atoms with Crippen molar-refractivity contribution < 1.29 is 9.84 Å². The number of hydrogen-bond acceptors (Lipinski definition) is 5. The number of pyridine rings is 2. The summed E-state index contributed by atoms with van der Waals surface area (Å²) in [6.07, 6.45) is 5.96. The predicted octanol–water partition coefficient (Wildman–Crippen LogP) is 3.57. The van der Waals surface area contributed by atoms with Crippen molar-refractivity contribution in [1.82, 2.24) is 15.3 Å². The molecule has 0 radical (unpaired) electrons. The van der Waals surface area contributed by atoms with Gasteiger partial charge in [0.1, 0.15) is 10.9 Å². The number of ether oxygens (including phenoxy) is 1. The lowest BCUT2D eigenvalue weighted by atomic mass is 10.1. The normalized spacial score (nSPS) is 15.2. The van der Waals surface area contributed by atoms with Crippen molar-refractivity contribution in [2.24, 2.45) is 5.92 Å².